The third kappa shape index (κ3) is 5.24. The van der Waals surface area contributed by atoms with E-state index >= 15 is 0 Å². The lowest BCUT2D eigenvalue weighted by Gasteiger charge is -1.94. The lowest BCUT2D eigenvalue weighted by Crippen LogP contribution is -1.91. The Morgan fingerprint density at radius 1 is 0.750 bits per heavy atom. The molecular weight excluding hydrogens is 374 g/mol. The Kier molecular flexibility index (Phi) is 6.47. The van der Waals surface area contributed by atoms with E-state index in [4.69, 9.17) is 0 Å². The molecule has 5 aromatic rings. The molecule has 0 spiro atoms. The molecular formula is C18H17N9S. The normalized spacial score (nSPS) is 9.96. The van der Waals surface area contributed by atoms with Gasteiger partial charge < -0.3 is 0 Å². The van der Waals surface area contributed by atoms with E-state index in [9.17, 15) is 0 Å². The van der Waals surface area contributed by atoms with Gasteiger partial charge in [-0.25, -0.2) is 39.9 Å². The van der Waals surface area contributed by atoms with Gasteiger partial charge in [0.2, 0.25) is 0 Å². The van der Waals surface area contributed by atoms with Gasteiger partial charge in [-0.2, -0.15) is 4.37 Å². The first-order valence-electron chi connectivity index (χ1n) is 8.28. The summed E-state index contributed by atoms with van der Waals surface area (Å²) in [6.07, 6.45) is 9.57. The second kappa shape index (κ2) is 9.42. The summed E-state index contributed by atoms with van der Waals surface area (Å²) in [5.41, 5.74) is 5.66. The molecule has 5 aromatic heterocycles. The van der Waals surface area contributed by atoms with Gasteiger partial charge >= 0.3 is 0 Å². The summed E-state index contributed by atoms with van der Waals surface area (Å²) in [6, 6.07) is 1.99. The van der Waals surface area contributed by atoms with Gasteiger partial charge in [0, 0.05) is 24.0 Å². The van der Waals surface area contributed by atoms with Crippen molar-refractivity contribution in [2.75, 3.05) is 0 Å². The highest BCUT2D eigenvalue weighted by molar-refractivity contribution is 7.03. The maximum atomic E-state index is 4.16. The van der Waals surface area contributed by atoms with Crippen LogP contribution in [-0.2, 0) is 0 Å². The van der Waals surface area contributed by atoms with Crippen molar-refractivity contribution < 1.29 is 0 Å². The Balaban J connectivity index is 0.000000126. The number of fused-ring (bicyclic) bond motifs is 2. The minimum absolute atomic E-state index is 0.653. The molecule has 0 aromatic carbocycles. The quantitative estimate of drug-likeness (QED) is 0.393. The first-order valence-corrected chi connectivity index (χ1v) is 9.12. The maximum absolute atomic E-state index is 4.16. The van der Waals surface area contributed by atoms with Gasteiger partial charge in [0.25, 0.3) is 0 Å². The number of rotatable bonds is 0. The summed E-state index contributed by atoms with van der Waals surface area (Å²) in [6.45, 7) is 5.75. The van der Waals surface area contributed by atoms with E-state index in [1.807, 2.05) is 32.2 Å². The molecule has 0 bridgehead atoms. The molecule has 9 nitrogen and oxygen atoms in total. The molecule has 10 heteroatoms. The summed E-state index contributed by atoms with van der Waals surface area (Å²) in [5.74, 6) is 0. The van der Waals surface area contributed by atoms with Crippen LogP contribution in [0.2, 0.25) is 0 Å². The highest BCUT2D eigenvalue weighted by Gasteiger charge is 1.98. The van der Waals surface area contributed by atoms with Crippen LogP contribution in [0, 0.1) is 20.8 Å². The van der Waals surface area contributed by atoms with Gasteiger partial charge in [-0.3, -0.25) is 0 Å². The highest BCUT2D eigenvalue weighted by atomic mass is 32.1. The van der Waals surface area contributed by atoms with Crippen LogP contribution >= 0.6 is 11.5 Å². The molecule has 0 aliphatic rings. The van der Waals surface area contributed by atoms with Crippen molar-refractivity contribution in [3.63, 3.8) is 0 Å². The molecule has 0 aliphatic heterocycles. The monoisotopic (exact) mass is 391 g/mol. The fourth-order valence-corrected chi connectivity index (χ4v) is 2.58. The predicted molar refractivity (Wildman–Crippen MR) is 107 cm³/mol. The Hall–Kier alpha value is -3.53. The zero-order chi connectivity index (χ0) is 19.8. The van der Waals surface area contributed by atoms with E-state index in [-0.39, 0.29) is 0 Å². The number of aryl methyl sites for hydroxylation is 3. The van der Waals surface area contributed by atoms with Crippen molar-refractivity contribution in [2.45, 2.75) is 20.8 Å². The highest BCUT2D eigenvalue weighted by Crippen LogP contribution is 2.05. The largest absolute Gasteiger partial charge is 0.249 e. The van der Waals surface area contributed by atoms with E-state index in [0.29, 0.717) is 11.3 Å². The first-order chi connectivity index (χ1) is 13.6. The van der Waals surface area contributed by atoms with Crippen LogP contribution in [0.25, 0.3) is 22.3 Å². The van der Waals surface area contributed by atoms with E-state index < -0.39 is 0 Å². The van der Waals surface area contributed by atoms with Crippen LogP contribution in [0.5, 0.6) is 0 Å². The molecule has 0 fully saturated rings. The van der Waals surface area contributed by atoms with Crippen LogP contribution in [0.15, 0.2) is 48.9 Å². The average Bonchev–Trinajstić information content (AvgIpc) is 3.20. The summed E-state index contributed by atoms with van der Waals surface area (Å²) >= 11 is 1.49. The predicted octanol–water partition coefficient (Wildman–Crippen LogP) is 2.91. The molecule has 0 unspecified atom stereocenters. The number of aromatic nitrogens is 9. The van der Waals surface area contributed by atoms with Crippen molar-refractivity contribution >= 4 is 33.9 Å². The van der Waals surface area contributed by atoms with Gasteiger partial charge in [-0.1, -0.05) is 0 Å². The SMILES string of the molecule is Cc1ccsn1.Cc1cnc2cncnc2n1.Cc1ncnc2nccnc12. The van der Waals surface area contributed by atoms with Crippen LogP contribution < -0.4 is 0 Å². The van der Waals surface area contributed by atoms with E-state index in [0.717, 1.165) is 28.1 Å². The van der Waals surface area contributed by atoms with Gasteiger partial charge in [-0.05, 0) is 38.4 Å². The smallest absolute Gasteiger partial charge is 0.181 e. The maximum Gasteiger partial charge on any atom is 0.181 e. The van der Waals surface area contributed by atoms with Crippen LogP contribution in [-0.4, -0.2) is 44.2 Å². The first kappa shape index (κ1) is 19.2. The minimum Gasteiger partial charge on any atom is -0.249 e. The molecule has 0 saturated heterocycles. The lowest BCUT2D eigenvalue weighted by molar-refractivity contribution is 1.10. The topological polar surface area (TPSA) is 116 Å². The van der Waals surface area contributed by atoms with Crippen LogP contribution in [0.1, 0.15) is 17.1 Å². The third-order valence-corrected chi connectivity index (χ3v) is 4.02. The Morgan fingerprint density at radius 3 is 2.29 bits per heavy atom. The van der Waals surface area contributed by atoms with Crippen LogP contribution in [0.3, 0.4) is 0 Å². The van der Waals surface area contributed by atoms with Crippen LogP contribution in [0.4, 0.5) is 0 Å². The summed E-state index contributed by atoms with van der Waals surface area (Å²) < 4.78 is 3.96. The Labute approximate surface area is 165 Å². The molecule has 0 amide bonds. The number of hydrogen-bond donors (Lipinski definition) is 0. The van der Waals surface area contributed by atoms with Crippen molar-refractivity contribution in [1.29, 1.82) is 0 Å². The molecule has 0 atom stereocenters. The number of hydrogen-bond acceptors (Lipinski definition) is 10. The van der Waals surface area contributed by atoms with Gasteiger partial charge in [-0.15, -0.1) is 0 Å². The van der Waals surface area contributed by atoms with E-state index in [1.165, 1.54) is 24.2 Å². The molecule has 28 heavy (non-hydrogen) atoms. The van der Waals surface area contributed by atoms with Gasteiger partial charge in [0.15, 0.2) is 11.3 Å². The molecule has 0 aliphatic carbocycles. The number of nitrogens with zero attached hydrogens (tertiary/aromatic N) is 9. The van der Waals surface area contributed by atoms with Crippen molar-refractivity contribution in [3.05, 3.63) is 66.0 Å². The zero-order valence-electron chi connectivity index (χ0n) is 15.6. The molecule has 0 radical (unpaired) electrons. The van der Waals surface area contributed by atoms with Crippen molar-refractivity contribution in [3.8, 4) is 0 Å². The third-order valence-electron chi connectivity index (χ3n) is 3.37. The standard InChI is InChI=1S/2C7H6N4.C4H5NS/c1-5-2-9-6-3-8-4-10-7(6)11-5;1-5-6-7(11-4-10-5)9-3-2-8-6;1-4-2-3-6-5-4/h2*2-4H,1H3;2-3H,1H3. The molecule has 140 valence electrons. The summed E-state index contributed by atoms with van der Waals surface area (Å²) in [7, 11) is 0. The second-order valence-electron chi connectivity index (χ2n) is 5.57. The summed E-state index contributed by atoms with van der Waals surface area (Å²) in [4.78, 5) is 32.1. The Morgan fingerprint density at radius 2 is 1.57 bits per heavy atom. The zero-order valence-corrected chi connectivity index (χ0v) is 16.4. The molecule has 0 saturated carbocycles. The van der Waals surface area contributed by atoms with E-state index in [2.05, 4.69) is 44.2 Å². The fourth-order valence-electron chi connectivity index (χ4n) is 2.04. The van der Waals surface area contributed by atoms with Gasteiger partial charge in [0.1, 0.15) is 23.7 Å². The van der Waals surface area contributed by atoms with Crippen molar-refractivity contribution in [1.82, 2.24) is 44.2 Å². The molecule has 5 heterocycles. The van der Waals surface area contributed by atoms with Crippen molar-refractivity contribution in [2.24, 2.45) is 0 Å². The van der Waals surface area contributed by atoms with E-state index in [1.54, 1.807) is 24.8 Å². The molecule has 5 rings (SSSR count). The fraction of sp³-hybridized carbons (Fsp3) is 0.167. The molecule has 0 N–H and O–H groups in total. The minimum atomic E-state index is 0.653. The Bertz CT molecular complexity index is 1150. The summed E-state index contributed by atoms with van der Waals surface area (Å²) in [5, 5.41) is 1.97. The lowest BCUT2D eigenvalue weighted by atomic mass is 10.4. The second-order valence-corrected chi connectivity index (χ2v) is 6.24. The average molecular weight is 391 g/mol. The van der Waals surface area contributed by atoms with Gasteiger partial charge in [0.05, 0.1) is 23.3 Å².